The number of anilines is 1. The van der Waals surface area contributed by atoms with Crippen molar-refractivity contribution in [2.75, 3.05) is 18.5 Å². The van der Waals surface area contributed by atoms with E-state index in [9.17, 15) is 27.6 Å². The smallest absolute Gasteiger partial charge is 0.381 e. The number of carbonyl (C=O) groups is 3. The van der Waals surface area contributed by atoms with E-state index in [-0.39, 0.29) is 54.7 Å². The number of aryl methyl sites for hydroxylation is 1. The molecule has 0 bridgehead atoms. The minimum absolute atomic E-state index is 0.0770. The minimum Gasteiger partial charge on any atom is -0.381 e. The summed E-state index contributed by atoms with van der Waals surface area (Å²) in [5, 5.41) is 11.9. The molecule has 45 heavy (non-hydrogen) atoms. The van der Waals surface area contributed by atoms with E-state index in [1.54, 1.807) is 17.7 Å². The molecule has 5 rings (SSSR count). The molecule has 1 aromatic carbocycles. The Bertz CT molecular complexity index is 1400. The van der Waals surface area contributed by atoms with Crippen LogP contribution >= 0.6 is 0 Å². The van der Waals surface area contributed by atoms with Gasteiger partial charge in [0.25, 0.3) is 5.91 Å². The number of nitrogens with zero attached hydrogens (tertiary/aromatic N) is 2. The van der Waals surface area contributed by atoms with Gasteiger partial charge in [0.1, 0.15) is 23.6 Å². The van der Waals surface area contributed by atoms with Crippen molar-refractivity contribution in [3.05, 3.63) is 47.0 Å². The molecule has 0 radical (unpaired) electrons. The van der Waals surface area contributed by atoms with Gasteiger partial charge in [0.15, 0.2) is 0 Å². The van der Waals surface area contributed by atoms with Crippen LogP contribution in [0.4, 0.5) is 23.2 Å². The summed E-state index contributed by atoms with van der Waals surface area (Å²) < 4.78 is 63.4. The molecule has 3 amide bonds. The molecule has 1 aromatic heterocycles. The molecule has 3 N–H and O–H groups in total. The van der Waals surface area contributed by atoms with Crippen molar-refractivity contribution in [3.63, 3.8) is 0 Å². The number of nitrogens with one attached hydrogen (secondary N) is 3. The standard InChI is InChI=1S/C32H41F4N5O4/c1-16(2)41-25(9-11-37-41)30(43)39-27(26(19-5-6-19)20-7-8-20)31(44)38-24-13-17(3)22(14-23(24)33)18(4)29(42)40-28(32(34,35)36)21-10-12-45-15-21/h9,11,13-14,16,18-21,26-28H,5-8,10,12,15H2,1-4H3,(H,38,44)(H,39,43)(H,40,42)/t18?,21?,27-,28?/m0/s1. The Kier molecular flexibility index (Phi) is 9.57. The summed E-state index contributed by atoms with van der Waals surface area (Å²) in [5.41, 5.74) is 0.804. The summed E-state index contributed by atoms with van der Waals surface area (Å²) >= 11 is 0. The Morgan fingerprint density at radius 3 is 2.20 bits per heavy atom. The van der Waals surface area contributed by atoms with E-state index in [4.69, 9.17) is 4.74 Å². The van der Waals surface area contributed by atoms with E-state index in [2.05, 4.69) is 21.0 Å². The largest absolute Gasteiger partial charge is 0.408 e. The monoisotopic (exact) mass is 635 g/mol. The highest BCUT2D eigenvalue weighted by Crippen LogP contribution is 2.51. The maximum atomic E-state index is 15.5. The minimum atomic E-state index is -4.67. The van der Waals surface area contributed by atoms with Crippen LogP contribution in [0.15, 0.2) is 24.4 Å². The number of alkyl halides is 3. The predicted octanol–water partition coefficient (Wildman–Crippen LogP) is 5.27. The Balaban J connectivity index is 1.33. The van der Waals surface area contributed by atoms with Gasteiger partial charge in [0, 0.05) is 24.8 Å². The lowest BCUT2D eigenvalue weighted by molar-refractivity contribution is -0.172. The highest BCUT2D eigenvalue weighted by Gasteiger charge is 2.49. The number of amides is 3. The van der Waals surface area contributed by atoms with E-state index in [0.29, 0.717) is 11.3 Å². The van der Waals surface area contributed by atoms with Crippen LogP contribution in [0.3, 0.4) is 0 Å². The predicted molar refractivity (Wildman–Crippen MR) is 158 cm³/mol. The number of carbonyl (C=O) groups excluding carboxylic acids is 3. The summed E-state index contributed by atoms with van der Waals surface area (Å²) in [7, 11) is 0. The second-order valence-corrected chi connectivity index (χ2v) is 13.0. The van der Waals surface area contributed by atoms with Gasteiger partial charge in [0.05, 0.1) is 18.2 Å². The first kappa shape index (κ1) is 32.9. The van der Waals surface area contributed by atoms with E-state index in [1.165, 1.54) is 19.2 Å². The lowest BCUT2D eigenvalue weighted by atomic mass is 9.88. The maximum absolute atomic E-state index is 15.5. The van der Waals surface area contributed by atoms with Gasteiger partial charge >= 0.3 is 6.18 Å². The van der Waals surface area contributed by atoms with Crippen LogP contribution in [0.5, 0.6) is 0 Å². The second kappa shape index (κ2) is 13.1. The van der Waals surface area contributed by atoms with Crippen molar-refractivity contribution in [2.24, 2.45) is 23.7 Å². The van der Waals surface area contributed by atoms with Crippen LogP contribution in [0, 0.1) is 36.4 Å². The van der Waals surface area contributed by atoms with Crippen molar-refractivity contribution >= 4 is 23.4 Å². The van der Waals surface area contributed by atoms with Gasteiger partial charge in [-0.1, -0.05) is 0 Å². The average Bonchev–Trinajstić information content (AvgIpc) is 3.88. The SMILES string of the molecule is Cc1cc(NC(=O)[C@@H](NC(=O)c2ccnn2C(C)C)C(C2CC2)C2CC2)c(F)cc1C(C)C(=O)NC(C1CCOC1)C(F)(F)F. The lowest BCUT2D eigenvalue weighted by Gasteiger charge is -2.28. The fourth-order valence-corrected chi connectivity index (χ4v) is 6.52. The van der Waals surface area contributed by atoms with Crippen molar-refractivity contribution in [1.29, 1.82) is 0 Å². The van der Waals surface area contributed by atoms with Crippen LogP contribution in [0.25, 0.3) is 0 Å². The van der Waals surface area contributed by atoms with Gasteiger partial charge in [-0.05, 0) is 107 Å². The fourth-order valence-electron chi connectivity index (χ4n) is 6.52. The first-order valence-electron chi connectivity index (χ1n) is 15.7. The summed E-state index contributed by atoms with van der Waals surface area (Å²) in [6.07, 6.45) is 0.849. The van der Waals surface area contributed by atoms with Gasteiger partial charge in [0.2, 0.25) is 11.8 Å². The quantitative estimate of drug-likeness (QED) is 0.275. The molecule has 246 valence electrons. The molecule has 3 fully saturated rings. The van der Waals surface area contributed by atoms with Crippen LogP contribution < -0.4 is 16.0 Å². The number of benzene rings is 1. The molecular weight excluding hydrogens is 594 g/mol. The maximum Gasteiger partial charge on any atom is 0.408 e. The Hall–Kier alpha value is -3.48. The molecule has 13 heteroatoms. The number of hydrogen-bond donors (Lipinski definition) is 3. The molecular formula is C32H41F4N5O4. The molecule has 1 aliphatic heterocycles. The molecule has 2 heterocycles. The zero-order chi connectivity index (χ0) is 32.6. The summed E-state index contributed by atoms with van der Waals surface area (Å²) in [6, 6.07) is 0.975. The third kappa shape index (κ3) is 7.50. The summed E-state index contributed by atoms with van der Waals surface area (Å²) in [4.78, 5) is 40.1. The molecule has 3 aliphatic rings. The molecule has 1 saturated heterocycles. The molecule has 3 unspecified atom stereocenters. The third-order valence-electron chi connectivity index (χ3n) is 9.24. The van der Waals surface area contributed by atoms with Crippen molar-refractivity contribution < 1.29 is 36.7 Å². The second-order valence-electron chi connectivity index (χ2n) is 13.0. The number of hydrogen-bond acceptors (Lipinski definition) is 5. The topological polar surface area (TPSA) is 114 Å². The Morgan fingerprint density at radius 1 is 0.978 bits per heavy atom. The number of rotatable bonds is 12. The number of ether oxygens (including phenoxy) is 1. The highest BCUT2D eigenvalue weighted by atomic mass is 19.4. The first-order valence-corrected chi connectivity index (χ1v) is 15.7. The van der Waals surface area contributed by atoms with E-state index in [1.807, 2.05) is 13.8 Å². The van der Waals surface area contributed by atoms with Crippen molar-refractivity contribution in [2.45, 2.75) is 90.0 Å². The zero-order valence-corrected chi connectivity index (χ0v) is 25.9. The molecule has 2 aromatic rings. The van der Waals surface area contributed by atoms with Crippen LogP contribution in [-0.4, -0.2) is 59.0 Å². The van der Waals surface area contributed by atoms with E-state index in [0.717, 1.165) is 31.7 Å². The molecule has 2 saturated carbocycles. The van der Waals surface area contributed by atoms with Gasteiger partial charge in [-0.15, -0.1) is 0 Å². The van der Waals surface area contributed by atoms with Crippen molar-refractivity contribution in [3.8, 4) is 0 Å². The molecule has 9 nitrogen and oxygen atoms in total. The summed E-state index contributed by atoms with van der Waals surface area (Å²) in [6.45, 7) is 6.88. The first-order chi connectivity index (χ1) is 21.3. The van der Waals surface area contributed by atoms with Gasteiger partial charge in [-0.3, -0.25) is 19.1 Å². The number of halogens is 4. The fraction of sp³-hybridized carbons (Fsp3) is 0.625. The van der Waals surface area contributed by atoms with Crippen LogP contribution in [0.1, 0.15) is 86.5 Å². The summed E-state index contributed by atoms with van der Waals surface area (Å²) in [5.74, 6) is -4.23. The highest BCUT2D eigenvalue weighted by molar-refractivity contribution is 6.01. The van der Waals surface area contributed by atoms with Gasteiger partial charge in [-0.25, -0.2) is 4.39 Å². The third-order valence-corrected chi connectivity index (χ3v) is 9.24. The normalized spacial score (nSPS) is 20.6. The van der Waals surface area contributed by atoms with E-state index < -0.39 is 53.6 Å². The van der Waals surface area contributed by atoms with E-state index >= 15 is 4.39 Å². The Labute approximate surface area is 259 Å². The molecule has 2 aliphatic carbocycles. The van der Waals surface area contributed by atoms with Crippen LogP contribution in [0.2, 0.25) is 0 Å². The van der Waals surface area contributed by atoms with Crippen molar-refractivity contribution in [1.82, 2.24) is 20.4 Å². The molecule has 0 spiro atoms. The zero-order valence-electron chi connectivity index (χ0n) is 25.9. The Morgan fingerprint density at radius 2 is 1.64 bits per heavy atom. The van der Waals surface area contributed by atoms with Gasteiger partial charge in [-0.2, -0.15) is 18.3 Å². The van der Waals surface area contributed by atoms with Crippen LogP contribution in [-0.2, 0) is 14.3 Å². The lowest BCUT2D eigenvalue weighted by Crippen LogP contribution is -2.51. The van der Waals surface area contributed by atoms with Gasteiger partial charge < -0.3 is 20.7 Å². The average molecular weight is 636 g/mol. The number of aromatic nitrogens is 2. The molecule has 4 atom stereocenters.